The normalized spacial score (nSPS) is 14.4. The summed E-state index contributed by atoms with van der Waals surface area (Å²) in [5.74, 6) is 0.275. The van der Waals surface area contributed by atoms with Gasteiger partial charge in [0.15, 0.2) is 0 Å². The predicted octanol–water partition coefficient (Wildman–Crippen LogP) is 1.08. The van der Waals surface area contributed by atoms with E-state index >= 15 is 0 Å². The van der Waals surface area contributed by atoms with Crippen molar-refractivity contribution in [2.75, 3.05) is 12.0 Å². The second kappa shape index (κ2) is 6.27. The number of hydrogen-bond donors (Lipinski definition) is 1. The van der Waals surface area contributed by atoms with Gasteiger partial charge >= 0.3 is 0 Å². The maximum Gasteiger partial charge on any atom is 0.282 e. The van der Waals surface area contributed by atoms with E-state index in [-0.39, 0.29) is 21.4 Å². The number of carbonyl (C=O) groups excluding carboxylic acids is 1. The summed E-state index contributed by atoms with van der Waals surface area (Å²) in [7, 11) is -0.839. The van der Waals surface area contributed by atoms with E-state index in [4.69, 9.17) is 11.6 Å². The van der Waals surface area contributed by atoms with Crippen molar-refractivity contribution in [1.82, 2.24) is 15.5 Å². The Morgan fingerprint density at radius 2 is 2.31 bits per heavy atom. The van der Waals surface area contributed by atoms with E-state index < -0.39 is 10.8 Å². The maximum atomic E-state index is 11.6. The van der Waals surface area contributed by atoms with Gasteiger partial charge in [-0.25, -0.2) is 0 Å². The number of carbonyl (C=O) groups is 1. The first-order valence-corrected chi connectivity index (χ1v) is 7.51. The first-order chi connectivity index (χ1) is 7.49. The quantitative estimate of drug-likeness (QED) is 0.877. The summed E-state index contributed by atoms with van der Waals surface area (Å²) in [5.41, 5.74) is 0. The van der Waals surface area contributed by atoms with Crippen molar-refractivity contribution >= 4 is 39.6 Å². The van der Waals surface area contributed by atoms with Crippen molar-refractivity contribution in [3.8, 4) is 0 Å². The molecule has 1 aromatic heterocycles. The predicted molar refractivity (Wildman–Crippen MR) is 65.4 cm³/mol. The Morgan fingerprint density at radius 1 is 1.62 bits per heavy atom. The molecule has 0 aliphatic rings. The molecule has 0 aliphatic carbocycles. The Balaban J connectivity index is 2.42. The third-order valence-electron chi connectivity index (χ3n) is 1.81. The van der Waals surface area contributed by atoms with Crippen molar-refractivity contribution in [3.63, 3.8) is 0 Å². The molecule has 1 amide bonds. The minimum Gasteiger partial charge on any atom is -0.347 e. The number of rotatable bonds is 5. The molecule has 0 saturated carbocycles. The van der Waals surface area contributed by atoms with Crippen molar-refractivity contribution in [2.24, 2.45) is 0 Å². The standard InChI is InChI=1S/C8H12ClN3O2S2/c1-5(3-4-16(2)14)10-6(13)7-11-12-8(9)15-7/h5H,3-4H2,1-2H3,(H,10,13). The molecule has 0 aliphatic heterocycles. The molecule has 0 radical (unpaired) electrons. The zero-order chi connectivity index (χ0) is 12.1. The summed E-state index contributed by atoms with van der Waals surface area (Å²) in [5, 5.41) is 10.2. The molecule has 2 unspecified atom stereocenters. The summed E-state index contributed by atoms with van der Waals surface area (Å²) < 4.78 is 11.1. The van der Waals surface area contributed by atoms with E-state index in [0.29, 0.717) is 12.2 Å². The molecule has 5 nitrogen and oxygen atoms in total. The van der Waals surface area contributed by atoms with Gasteiger partial charge in [0.05, 0.1) is 0 Å². The molecule has 16 heavy (non-hydrogen) atoms. The zero-order valence-corrected chi connectivity index (χ0v) is 11.3. The van der Waals surface area contributed by atoms with Gasteiger partial charge in [-0.3, -0.25) is 9.00 Å². The third-order valence-corrected chi connectivity index (χ3v) is 3.64. The van der Waals surface area contributed by atoms with Crippen LogP contribution in [0.2, 0.25) is 4.47 Å². The second-order valence-electron chi connectivity index (χ2n) is 3.30. The molecule has 0 fully saturated rings. The average Bonchev–Trinajstić information content (AvgIpc) is 2.62. The SMILES string of the molecule is CC(CCS(C)=O)NC(=O)c1nnc(Cl)s1. The Bertz CT molecular complexity index is 396. The molecule has 1 heterocycles. The molecule has 8 heteroatoms. The largest absolute Gasteiger partial charge is 0.347 e. The zero-order valence-electron chi connectivity index (χ0n) is 8.90. The fourth-order valence-corrected chi connectivity index (χ4v) is 2.41. The number of amides is 1. The lowest BCUT2D eigenvalue weighted by molar-refractivity contribution is 0.0938. The van der Waals surface area contributed by atoms with E-state index in [9.17, 15) is 9.00 Å². The van der Waals surface area contributed by atoms with E-state index in [1.54, 1.807) is 6.26 Å². The third kappa shape index (κ3) is 4.54. The monoisotopic (exact) mass is 281 g/mol. The van der Waals surface area contributed by atoms with Crippen LogP contribution in [0.25, 0.3) is 0 Å². The number of hydrogen-bond acceptors (Lipinski definition) is 5. The number of halogens is 1. The molecule has 0 spiro atoms. The average molecular weight is 282 g/mol. The summed E-state index contributed by atoms with van der Waals surface area (Å²) in [6, 6.07) is -0.0425. The van der Waals surface area contributed by atoms with Crippen LogP contribution in [0.3, 0.4) is 0 Å². The first kappa shape index (κ1) is 13.5. The summed E-state index contributed by atoms with van der Waals surface area (Å²) in [6.45, 7) is 1.85. The maximum absolute atomic E-state index is 11.6. The van der Waals surface area contributed by atoms with Gasteiger partial charge in [-0.1, -0.05) is 11.3 Å². The van der Waals surface area contributed by atoms with E-state index in [1.165, 1.54) is 0 Å². The smallest absolute Gasteiger partial charge is 0.282 e. The van der Waals surface area contributed by atoms with E-state index in [1.807, 2.05) is 6.92 Å². The van der Waals surface area contributed by atoms with Gasteiger partial charge in [-0.2, -0.15) is 0 Å². The van der Waals surface area contributed by atoms with Gasteiger partial charge in [0, 0.05) is 28.9 Å². The first-order valence-electron chi connectivity index (χ1n) is 4.59. The van der Waals surface area contributed by atoms with Crippen LogP contribution in [-0.4, -0.2) is 38.4 Å². The highest BCUT2D eigenvalue weighted by atomic mass is 35.5. The molecule has 0 aromatic carbocycles. The molecule has 1 rings (SSSR count). The van der Waals surface area contributed by atoms with Gasteiger partial charge < -0.3 is 5.32 Å². The van der Waals surface area contributed by atoms with Crippen molar-refractivity contribution < 1.29 is 9.00 Å². The second-order valence-corrected chi connectivity index (χ2v) is 6.41. The van der Waals surface area contributed by atoms with Crippen molar-refractivity contribution in [3.05, 3.63) is 9.47 Å². The van der Waals surface area contributed by atoms with Crippen LogP contribution in [-0.2, 0) is 10.8 Å². The van der Waals surface area contributed by atoms with Crippen molar-refractivity contribution in [2.45, 2.75) is 19.4 Å². The van der Waals surface area contributed by atoms with Crippen LogP contribution in [0.15, 0.2) is 0 Å². The van der Waals surface area contributed by atoms with Crippen LogP contribution in [0.5, 0.6) is 0 Å². The van der Waals surface area contributed by atoms with Crippen LogP contribution in [0.1, 0.15) is 23.1 Å². The highest BCUT2D eigenvalue weighted by Gasteiger charge is 2.14. The van der Waals surface area contributed by atoms with Gasteiger partial charge in [-0.05, 0) is 24.9 Å². The van der Waals surface area contributed by atoms with Crippen LogP contribution >= 0.6 is 22.9 Å². The Morgan fingerprint density at radius 3 is 2.81 bits per heavy atom. The minimum atomic E-state index is -0.839. The molecule has 1 N–H and O–H groups in total. The lowest BCUT2D eigenvalue weighted by Gasteiger charge is -2.11. The van der Waals surface area contributed by atoms with Gasteiger partial charge in [0.2, 0.25) is 9.47 Å². The Labute approximate surface area is 105 Å². The molecular formula is C8H12ClN3O2S2. The van der Waals surface area contributed by atoms with Gasteiger partial charge in [0.1, 0.15) is 0 Å². The van der Waals surface area contributed by atoms with E-state index in [2.05, 4.69) is 15.5 Å². The molecule has 0 saturated heterocycles. The van der Waals surface area contributed by atoms with Gasteiger partial charge in [0.25, 0.3) is 5.91 Å². The lowest BCUT2D eigenvalue weighted by atomic mass is 10.2. The van der Waals surface area contributed by atoms with Crippen LogP contribution in [0, 0.1) is 0 Å². The highest BCUT2D eigenvalue weighted by molar-refractivity contribution is 7.84. The molecule has 90 valence electrons. The lowest BCUT2D eigenvalue weighted by Crippen LogP contribution is -2.33. The Kier molecular flexibility index (Phi) is 5.30. The number of aromatic nitrogens is 2. The fourth-order valence-electron chi connectivity index (χ4n) is 0.998. The summed E-state index contributed by atoms with van der Waals surface area (Å²) in [4.78, 5) is 11.6. The Hall–Kier alpha value is -0.530. The molecular weight excluding hydrogens is 270 g/mol. The summed E-state index contributed by atoms with van der Waals surface area (Å²) >= 11 is 6.60. The van der Waals surface area contributed by atoms with Crippen LogP contribution in [0.4, 0.5) is 0 Å². The number of nitrogens with zero attached hydrogens (tertiary/aromatic N) is 2. The molecule has 1 aromatic rings. The van der Waals surface area contributed by atoms with Crippen LogP contribution < -0.4 is 5.32 Å². The van der Waals surface area contributed by atoms with Gasteiger partial charge in [-0.15, -0.1) is 10.2 Å². The molecule has 0 bridgehead atoms. The fraction of sp³-hybridized carbons (Fsp3) is 0.625. The summed E-state index contributed by atoms with van der Waals surface area (Å²) in [6.07, 6.45) is 2.31. The topological polar surface area (TPSA) is 72.0 Å². The van der Waals surface area contributed by atoms with Crippen molar-refractivity contribution in [1.29, 1.82) is 0 Å². The highest BCUT2D eigenvalue weighted by Crippen LogP contribution is 2.14. The molecule has 2 atom stereocenters. The van der Waals surface area contributed by atoms with E-state index in [0.717, 1.165) is 11.3 Å². The number of nitrogens with one attached hydrogen (secondary N) is 1. The minimum absolute atomic E-state index is 0.0425.